The molecule has 52 heavy (non-hydrogen) atoms. The quantitative estimate of drug-likeness (QED) is 0.217. The molecule has 2 fully saturated rings. The average Bonchev–Trinajstić information content (AvgIpc) is 3.72. The van der Waals surface area contributed by atoms with E-state index in [4.69, 9.17) is 0 Å². The predicted octanol–water partition coefficient (Wildman–Crippen LogP) is 5.63. The zero-order valence-corrected chi connectivity index (χ0v) is 29.0. The summed E-state index contributed by atoms with van der Waals surface area (Å²) in [6.45, 7) is 1.38. The molecule has 0 spiro atoms. The molecule has 15 heteroatoms. The SMILES string of the molecule is Cc1ccc(-c2cc(F)c(C(=O)N3CC[C@@H](C(=O)N4CCC(O)(Cn5cnc6c(ccn6CC(F)(F)F)c5=O)CC4)[C@H](c4ccccc4)C3)s2)cn1. The number of aliphatic hydroxyl groups is 1. The number of piperidine rings is 2. The van der Waals surface area contributed by atoms with Gasteiger partial charge in [0.1, 0.15) is 29.2 Å². The molecule has 2 aliphatic rings. The number of fused-ring (bicyclic) bond motifs is 1. The molecule has 1 N–H and O–H groups in total. The maximum Gasteiger partial charge on any atom is 0.406 e. The van der Waals surface area contributed by atoms with Crippen LogP contribution in [0.2, 0.25) is 0 Å². The van der Waals surface area contributed by atoms with E-state index in [1.807, 2.05) is 49.4 Å². The van der Waals surface area contributed by atoms with E-state index in [2.05, 4.69) is 9.97 Å². The normalized spacial score (nSPS) is 19.3. The van der Waals surface area contributed by atoms with Gasteiger partial charge in [-0.25, -0.2) is 9.37 Å². The number of carbonyl (C=O) groups is 2. The van der Waals surface area contributed by atoms with Crippen LogP contribution >= 0.6 is 11.3 Å². The summed E-state index contributed by atoms with van der Waals surface area (Å²) in [5.74, 6) is -1.94. The Labute approximate surface area is 300 Å². The van der Waals surface area contributed by atoms with Crippen LogP contribution in [0.25, 0.3) is 21.5 Å². The fraction of sp³-hybridized carbons (Fsp3) is 0.378. The van der Waals surface area contributed by atoms with Crippen molar-refractivity contribution in [2.45, 2.75) is 57.0 Å². The molecule has 5 aromatic rings. The number of hydrogen-bond donors (Lipinski definition) is 1. The lowest BCUT2D eigenvalue weighted by molar-refractivity contribution is -0.142. The van der Waals surface area contributed by atoms with Gasteiger partial charge in [0.05, 0.1) is 17.5 Å². The highest BCUT2D eigenvalue weighted by Gasteiger charge is 2.42. The van der Waals surface area contributed by atoms with Crippen molar-refractivity contribution < 1.29 is 32.3 Å². The number of amides is 2. The lowest BCUT2D eigenvalue weighted by Gasteiger charge is -2.43. The predicted molar refractivity (Wildman–Crippen MR) is 186 cm³/mol. The van der Waals surface area contributed by atoms with Crippen molar-refractivity contribution in [1.82, 2.24) is 28.9 Å². The third kappa shape index (κ3) is 7.24. The highest BCUT2D eigenvalue weighted by molar-refractivity contribution is 7.17. The van der Waals surface area contributed by atoms with Crippen molar-refractivity contribution in [3.63, 3.8) is 0 Å². The van der Waals surface area contributed by atoms with E-state index in [-0.39, 0.29) is 73.3 Å². The molecule has 2 saturated heterocycles. The maximum atomic E-state index is 15.2. The minimum atomic E-state index is -4.48. The number of alkyl halides is 3. The Morgan fingerprint density at radius 2 is 1.75 bits per heavy atom. The summed E-state index contributed by atoms with van der Waals surface area (Å²) in [5.41, 5.74) is 0.437. The van der Waals surface area contributed by atoms with Gasteiger partial charge in [-0.05, 0) is 49.9 Å². The van der Waals surface area contributed by atoms with Crippen LogP contribution in [-0.2, 0) is 17.9 Å². The second-order valence-corrected chi connectivity index (χ2v) is 14.7. The summed E-state index contributed by atoms with van der Waals surface area (Å²) >= 11 is 1.08. The maximum absolute atomic E-state index is 15.2. The molecule has 1 aromatic carbocycles. The second kappa shape index (κ2) is 13.9. The summed E-state index contributed by atoms with van der Waals surface area (Å²) in [4.78, 5) is 53.3. The first kappa shape index (κ1) is 35.5. The van der Waals surface area contributed by atoms with E-state index in [1.165, 1.54) is 22.9 Å². The average molecular weight is 737 g/mol. The van der Waals surface area contributed by atoms with Gasteiger partial charge in [0.25, 0.3) is 11.5 Å². The number of halogens is 4. The number of hydrogen-bond acceptors (Lipinski definition) is 7. The smallest absolute Gasteiger partial charge is 0.388 e. The van der Waals surface area contributed by atoms with Gasteiger partial charge in [0, 0.05) is 66.5 Å². The fourth-order valence-electron chi connectivity index (χ4n) is 7.28. The van der Waals surface area contributed by atoms with Gasteiger partial charge in [-0.2, -0.15) is 13.2 Å². The molecule has 6 heterocycles. The Balaban J connectivity index is 1.03. The Bertz CT molecular complexity index is 2160. The first-order valence-corrected chi connectivity index (χ1v) is 17.8. The molecule has 7 rings (SSSR count). The van der Waals surface area contributed by atoms with Gasteiger partial charge >= 0.3 is 6.18 Å². The number of rotatable bonds is 7. The molecule has 10 nitrogen and oxygen atoms in total. The molecule has 0 bridgehead atoms. The van der Waals surface area contributed by atoms with Crippen LogP contribution in [0.4, 0.5) is 17.6 Å². The lowest BCUT2D eigenvalue weighted by atomic mass is 9.79. The van der Waals surface area contributed by atoms with E-state index in [0.29, 0.717) is 11.3 Å². The van der Waals surface area contributed by atoms with Gasteiger partial charge in [-0.15, -0.1) is 11.3 Å². The Hall–Kier alpha value is -4.89. The molecule has 0 aliphatic carbocycles. The fourth-order valence-corrected chi connectivity index (χ4v) is 8.27. The van der Waals surface area contributed by atoms with Gasteiger partial charge in [-0.3, -0.25) is 23.9 Å². The number of likely N-dealkylation sites (tertiary alicyclic amines) is 2. The lowest BCUT2D eigenvalue weighted by Crippen LogP contribution is -2.53. The Kier molecular flexibility index (Phi) is 9.50. The van der Waals surface area contributed by atoms with Crippen LogP contribution in [0.15, 0.2) is 78.1 Å². The molecule has 2 amide bonds. The van der Waals surface area contributed by atoms with Crippen molar-refractivity contribution >= 4 is 34.2 Å². The molecule has 2 aliphatic heterocycles. The first-order chi connectivity index (χ1) is 24.8. The van der Waals surface area contributed by atoms with Crippen molar-refractivity contribution in [2.75, 3.05) is 26.2 Å². The molecule has 272 valence electrons. The van der Waals surface area contributed by atoms with Crippen LogP contribution in [0.3, 0.4) is 0 Å². The third-order valence-electron chi connectivity index (χ3n) is 10.1. The molecule has 0 saturated carbocycles. The van der Waals surface area contributed by atoms with E-state index in [1.54, 1.807) is 16.0 Å². The van der Waals surface area contributed by atoms with E-state index < -0.39 is 41.5 Å². The number of nitrogens with zero attached hydrogens (tertiary/aromatic N) is 6. The highest BCUT2D eigenvalue weighted by atomic mass is 32.1. The van der Waals surface area contributed by atoms with Gasteiger partial charge in [-0.1, -0.05) is 36.4 Å². The molecule has 0 unspecified atom stereocenters. The Morgan fingerprint density at radius 1 is 1.00 bits per heavy atom. The van der Waals surface area contributed by atoms with E-state index in [9.17, 15) is 32.7 Å². The number of aromatic nitrogens is 4. The summed E-state index contributed by atoms with van der Waals surface area (Å²) in [5, 5.41) is 11.5. The molecule has 2 atom stereocenters. The van der Waals surface area contributed by atoms with Crippen molar-refractivity contribution in [3.05, 3.63) is 106 Å². The number of thiophene rings is 1. The number of pyridine rings is 1. The summed E-state index contributed by atoms with van der Waals surface area (Å²) in [7, 11) is 0. The largest absolute Gasteiger partial charge is 0.406 e. The van der Waals surface area contributed by atoms with E-state index in [0.717, 1.165) is 39.1 Å². The van der Waals surface area contributed by atoms with Crippen LogP contribution in [0.1, 0.15) is 46.1 Å². The number of benzene rings is 1. The third-order valence-corrected chi connectivity index (χ3v) is 11.2. The van der Waals surface area contributed by atoms with Crippen LogP contribution in [0.5, 0.6) is 0 Å². The van der Waals surface area contributed by atoms with Crippen LogP contribution in [0, 0.1) is 18.7 Å². The zero-order valence-electron chi connectivity index (χ0n) is 28.2. The minimum absolute atomic E-state index is 0.00909. The van der Waals surface area contributed by atoms with E-state index >= 15 is 4.39 Å². The number of carbonyl (C=O) groups excluding carboxylic acids is 2. The molecule has 0 radical (unpaired) electrons. The van der Waals surface area contributed by atoms with Gasteiger partial charge in [0.15, 0.2) is 0 Å². The molecular formula is C37H36F4N6O4S. The summed E-state index contributed by atoms with van der Waals surface area (Å²) < 4.78 is 56.2. The molecular weight excluding hydrogens is 701 g/mol. The highest BCUT2D eigenvalue weighted by Crippen LogP contribution is 2.38. The van der Waals surface area contributed by atoms with Crippen molar-refractivity contribution in [3.8, 4) is 10.4 Å². The summed E-state index contributed by atoms with van der Waals surface area (Å²) in [6.07, 6.45) is 0.187. The van der Waals surface area contributed by atoms with Crippen LogP contribution in [-0.4, -0.2) is 83.8 Å². The van der Waals surface area contributed by atoms with Crippen LogP contribution < -0.4 is 5.56 Å². The Morgan fingerprint density at radius 3 is 2.44 bits per heavy atom. The topological polar surface area (TPSA) is 114 Å². The monoisotopic (exact) mass is 736 g/mol. The zero-order chi connectivity index (χ0) is 36.8. The molecule has 4 aromatic heterocycles. The first-order valence-electron chi connectivity index (χ1n) is 17.0. The standard InChI is InChI=1S/C37H36F4N6O4S/c1-23-7-8-25(18-42-23)30-17-29(38)31(52-30)35(50)45-13-9-26(28(19-45)24-5-3-2-4-6-24)33(48)44-15-11-36(51,12-16-44)20-47-22-43-32-27(34(47)49)10-14-46(32)21-37(39,40)41/h2-8,10,14,17-18,22,26,28,51H,9,11-13,15-16,19-21H2,1H3/t26-,28+/m1/s1. The van der Waals surface area contributed by atoms with Gasteiger partial charge < -0.3 is 19.5 Å². The minimum Gasteiger partial charge on any atom is -0.388 e. The van der Waals surface area contributed by atoms with Gasteiger partial charge in [0.2, 0.25) is 5.91 Å². The summed E-state index contributed by atoms with van der Waals surface area (Å²) in [6, 6.07) is 15.8. The second-order valence-electron chi connectivity index (χ2n) is 13.7. The number of aryl methyl sites for hydroxylation is 1. The van der Waals surface area contributed by atoms with Crippen molar-refractivity contribution in [1.29, 1.82) is 0 Å². The van der Waals surface area contributed by atoms with Crippen molar-refractivity contribution in [2.24, 2.45) is 5.92 Å².